The van der Waals surface area contributed by atoms with E-state index in [-0.39, 0.29) is 5.82 Å². The van der Waals surface area contributed by atoms with Crippen LogP contribution in [-0.4, -0.2) is 43.8 Å². The summed E-state index contributed by atoms with van der Waals surface area (Å²) in [6, 6.07) is 61.0. The molecular weight excluding hydrogens is 751 g/mol. The summed E-state index contributed by atoms with van der Waals surface area (Å²) in [5.41, 5.74) is 10.1. The third-order valence-corrected chi connectivity index (χ3v) is 11.6. The van der Waals surface area contributed by atoms with E-state index in [2.05, 4.69) is 82.8 Å². The Bertz CT molecular complexity index is 2550. The smallest absolute Gasteiger partial charge is 0.303 e. The summed E-state index contributed by atoms with van der Waals surface area (Å²) in [4.78, 5) is 27.1. The zero-order valence-corrected chi connectivity index (χ0v) is 32.7. The number of ether oxygens (including phenoxy) is 4. The largest absolute Gasteiger partial charge is 0.451 e. The van der Waals surface area contributed by atoms with Crippen molar-refractivity contribution in [1.82, 2.24) is 19.5 Å². The lowest BCUT2D eigenvalue weighted by Crippen LogP contribution is -2.49. The van der Waals surface area contributed by atoms with Gasteiger partial charge >= 0.3 is 5.97 Å². The van der Waals surface area contributed by atoms with Gasteiger partial charge in [0.1, 0.15) is 35.8 Å². The number of anilines is 1. The number of aromatic nitrogens is 4. The first-order valence-electron chi connectivity index (χ1n) is 20.0. The maximum absolute atomic E-state index is 13.2. The molecule has 8 aromatic rings. The van der Waals surface area contributed by atoms with Crippen LogP contribution in [0.2, 0.25) is 0 Å². The van der Waals surface area contributed by atoms with Gasteiger partial charge in [-0.25, -0.2) is 15.0 Å². The number of nitrogens with two attached hydrogens (primary N) is 1. The molecule has 2 bridgehead atoms. The van der Waals surface area contributed by atoms with Crippen molar-refractivity contribution in [3.63, 3.8) is 0 Å². The zero-order chi connectivity index (χ0) is 40.7. The fourth-order valence-corrected chi connectivity index (χ4v) is 9.07. The molecule has 0 saturated carbocycles. The first-order chi connectivity index (χ1) is 29.5. The third-order valence-electron chi connectivity index (χ3n) is 11.6. The predicted molar refractivity (Wildman–Crippen MR) is 226 cm³/mol. The highest BCUT2D eigenvalue weighted by molar-refractivity contribution is 5.82. The van der Waals surface area contributed by atoms with Crippen LogP contribution < -0.4 is 5.73 Å². The lowest BCUT2D eigenvalue weighted by Gasteiger charge is -2.43. The molecule has 0 spiro atoms. The van der Waals surface area contributed by atoms with Gasteiger partial charge in [0.05, 0.1) is 0 Å². The minimum atomic E-state index is -1.22. The SMILES string of the molecule is CC(=O)OC1c2nc3c(N)ncnc3n2C2OC1C(OC(c1ccccc1)(c1ccccc1)c1ccccc1)C2OC(c1ccccc1)(c1ccccc1)c1ccccc1. The maximum Gasteiger partial charge on any atom is 0.303 e. The Labute approximate surface area is 347 Å². The van der Waals surface area contributed by atoms with E-state index < -0.39 is 47.8 Å². The van der Waals surface area contributed by atoms with Crippen LogP contribution in [0.15, 0.2) is 188 Å². The fraction of sp³-hybridized carbons (Fsp3) is 0.160. The molecule has 1 saturated heterocycles. The van der Waals surface area contributed by atoms with Crippen LogP contribution >= 0.6 is 0 Å². The summed E-state index contributed by atoms with van der Waals surface area (Å²) in [6.45, 7) is 1.37. The van der Waals surface area contributed by atoms with Crippen LogP contribution in [0.25, 0.3) is 11.2 Å². The molecule has 10 heteroatoms. The van der Waals surface area contributed by atoms with E-state index in [1.54, 1.807) is 0 Å². The van der Waals surface area contributed by atoms with Gasteiger partial charge in [-0.15, -0.1) is 0 Å². The summed E-state index contributed by atoms with van der Waals surface area (Å²) >= 11 is 0. The van der Waals surface area contributed by atoms with Crippen molar-refractivity contribution in [3.8, 4) is 0 Å². The molecule has 10 rings (SSSR count). The van der Waals surface area contributed by atoms with Gasteiger partial charge in [0.15, 0.2) is 35.1 Å². The molecule has 0 aliphatic carbocycles. The molecule has 0 radical (unpaired) electrons. The summed E-state index contributed by atoms with van der Waals surface area (Å²) in [5, 5.41) is 0. The highest BCUT2D eigenvalue weighted by Crippen LogP contribution is 2.54. The van der Waals surface area contributed by atoms with Gasteiger partial charge in [0, 0.05) is 6.92 Å². The van der Waals surface area contributed by atoms with Gasteiger partial charge in [0.2, 0.25) is 0 Å². The Morgan fingerprint density at radius 2 is 0.967 bits per heavy atom. The van der Waals surface area contributed by atoms with Gasteiger partial charge in [-0.05, 0) is 33.4 Å². The number of benzene rings is 6. The monoisotopic (exact) mass is 791 g/mol. The highest BCUT2D eigenvalue weighted by Gasteiger charge is 2.62. The molecule has 2 aliphatic heterocycles. The van der Waals surface area contributed by atoms with Gasteiger partial charge in [-0.2, -0.15) is 0 Å². The minimum Gasteiger partial charge on any atom is -0.451 e. The molecule has 6 aromatic carbocycles. The van der Waals surface area contributed by atoms with Gasteiger partial charge in [-0.3, -0.25) is 9.36 Å². The van der Waals surface area contributed by atoms with E-state index in [0.717, 1.165) is 33.4 Å². The molecule has 2 aliphatic rings. The average Bonchev–Trinajstić information content (AvgIpc) is 3.85. The van der Waals surface area contributed by atoms with E-state index in [0.29, 0.717) is 17.0 Å². The first-order valence-corrected chi connectivity index (χ1v) is 20.0. The van der Waals surface area contributed by atoms with Gasteiger partial charge < -0.3 is 24.7 Å². The second-order valence-electron chi connectivity index (χ2n) is 15.0. The number of imidazole rings is 1. The Kier molecular flexibility index (Phi) is 9.52. The van der Waals surface area contributed by atoms with Crippen molar-refractivity contribution in [2.75, 3.05) is 5.73 Å². The Balaban J connectivity index is 1.27. The minimum absolute atomic E-state index is 0.188. The normalized spacial score (nSPS) is 19.8. The standard InChI is InChI=1S/C50H41N5O5/c1-33(56)57-43-41-42(59-49(34-20-8-2-9-21-34,35-22-10-3-11-23-35)36-24-12-4-13-25-36)44(48(58-41)55-46-40(54-47(43)55)45(51)52-32-53-46)60-50(37-26-14-5-15-27-37,38-28-16-6-17-29-38)39-30-18-7-19-31-39/h2-32,41-44,48H,1H3,(H2,51,52,53). The molecule has 2 N–H and O–H groups in total. The topological polar surface area (TPSA) is 124 Å². The zero-order valence-electron chi connectivity index (χ0n) is 32.7. The number of hydrogen-bond donors (Lipinski definition) is 1. The number of nitrogens with zero attached hydrogens (tertiary/aromatic N) is 4. The molecule has 5 unspecified atom stereocenters. The molecule has 296 valence electrons. The quantitative estimate of drug-likeness (QED) is 0.101. The van der Waals surface area contributed by atoms with Crippen molar-refractivity contribution >= 4 is 23.0 Å². The molecule has 5 atom stereocenters. The molecule has 2 aromatic heterocycles. The van der Waals surface area contributed by atoms with Crippen LogP contribution in [0.3, 0.4) is 0 Å². The van der Waals surface area contributed by atoms with E-state index >= 15 is 0 Å². The summed E-state index contributed by atoms with van der Waals surface area (Å²) in [7, 11) is 0. The lowest BCUT2D eigenvalue weighted by atomic mass is 9.79. The van der Waals surface area contributed by atoms with Gasteiger partial charge in [0.25, 0.3) is 0 Å². The Morgan fingerprint density at radius 1 is 0.583 bits per heavy atom. The van der Waals surface area contributed by atoms with Crippen molar-refractivity contribution < 1.29 is 23.7 Å². The van der Waals surface area contributed by atoms with Crippen molar-refractivity contribution in [1.29, 1.82) is 0 Å². The highest BCUT2D eigenvalue weighted by atomic mass is 16.7. The van der Waals surface area contributed by atoms with Crippen LogP contribution in [0.4, 0.5) is 5.82 Å². The Morgan fingerprint density at radius 3 is 1.35 bits per heavy atom. The molecular formula is C50H41N5O5. The number of hydrogen-bond acceptors (Lipinski definition) is 9. The number of rotatable bonds is 11. The number of fused-ring (bicyclic) bond motifs is 6. The van der Waals surface area contributed by atoms with E-state index in [4.69, 9.17) is 29.7 Å². The number of esters is 1. The molecule has 1 fully saturated rings. The Hall–Kier alpha value is -6.98. The molecule has 0 amide bonds. The van der Waals surface area contributed by atoms with Gasteiger partial charge in [-0.1, -0.05) is 182 Å². The van der Waals surface area contributed by atoms with E-state index in [1.807, 2.05) is 114 Å². The predicted octanol–water partition coefficient (Wildman–Crippen LogP) is 8.68. The fourth-order valence-electron chi connectivity index (χ4n) is 9.07. The molecule has 4 heterocycles. The third kappa shape index (κ3) is 6.07. The van der Waals surface area contributed by atoms with Crippen molar-refractivity contribution in [3.05, 3.63) is 228 Å². The summed E-state index contributed by atoms with van der Waals surface area (Å²) < 4.78 is 31.2. The summed E-state index contributed by atoms with van der Waals surface area (Å²) in [6.07, 6.45) is -3.31. The average molecular weight is 792 g/mol. The molecule has 60 heavy (non-hydrogen) atoms. The van der Waals surface area contributed by atoms with E-state index in [1.165, 1.54) is 13.3 Å². The van der Waals surface area contributed by atoms with Crippen LogP contribution in [0.5, 0.6) is 0 Å². The first kappa shape index (κ1) is 37.3. The second-order valence-corrected chi connectivity index (χ2v) is 15.0. The van der Waals surface area contributed by atoms with Crippen LogP contribution in [0.1, 0.15) is 58.5 Å². The number of carbonyl (C=O) groups is 1. The van der Waals surface area contributed by atoms with E-state index in [9.17, 15) is 4.79 Å². The number of nitrogen functional groups attached to an aromatic ring is 1. The van der Waals surface area contributed by atoms with Crippen LogP contribution in [-0.2, 0) is 34.9 Å². The van der Waals surface area contributed by atoms with Crippen molar-refractivity contribution in [2.24, 2.45) is 0 Å². The maximum atomic E-state index is 13.2. The van der Waals surface area contributed by atoms with Crippen molar-refractivity contribution in [2.45, 2.75) is 48.8 Å². The second kappa shape index (κ2) is 15.3. The molecule has 10 nitrogen and oxygen atoms in total. The number of carbonyl (C=O) groups excluding carboxylic acids is 1. The van der Waals surface area contributed by atoms with Crippen LogP contribution in [0, 0.1) is 0 Å². The lowest BCUT2D eigenvalue weighted by molar-refractivity contribution is -0.176. The summed E-state index contributed by atoms with van der Waals surface area (Å²) in [5.74, 6) is 0.0753.